The first-order chi connectivity index (χ1) is 15.7. The van der Waals surface area contributed by atoms with E-state index >= 15 is 0 Å². The van der Waals surface area contributed by atoms with Gasteiger partial charge in [-0.1, -0.05) is 48.5 Å². The van der Waals surface area contributed by atoms with Gasteiger partial charge in [0.05, 0.1) is 0 Å². The summed E-state index contributed by atoms with van der Waals surface area (Å²) in [6.07, 6.45) is -3.14. The number of alkyl halides is 3. The van der Waals surface area contributed by atoms with Crippen molar-refractivity contribution in [1.82, 2.24) is 10.2 Å². The monoisotopic (exact) mass is 464 g/mol. The van der Waals surface area contributed by atoms with Crippen molar-refractivity contribution in [3.05, 3.63) is 71.5 Å². The summed E-state index contributed by atoms with van der Waals surface area (Å²) in [7, 11) is 0.921. The minimum absolute atomic E-state index is 0.103. The lowest BCUT2D eigenvalue weighted by molar-refractivity contribution is -0.271. The number of carbonyl (C=O) groups is 1. The van der Waals surface area contributed by atoms with Gasteiger partial charge in [0, 0.05) is 38.2 Å². The van der Waals surface area contributed by atoms with Crippen LogP contribution in [0.2, 0.25) is 0 Å². The summed E-state index contributed by atoms with van der Waals surface area (Å²) in [5, 5.41) is 3.32. The molecule has 8 heteroatoms. The van der Waals surface area contributed by atoms with E-state index in [1.54, 1.807) is 24.3 Å². The molecule has 4 rings (SSSR count). The van der Waals surface area contributed by atoms with E-state index in [1.165, 1.54) is 35.2 Å². The van der Waals surface area contributed by atoms with Gasteiger partial charge >= 0.3 is 6.18 Å². The van der Waals surface area contributed by atoms with Crippen LogP contribution in [0, 0.1) is 11.2 Å². The van der Waals surface area contributed by atoms with Crippen LogP contribution < -0.4 is 5.32 Å². The van der Waals surface area contributed by atoms with Crippen LogP contribution >= 0.6 is 0 Å². The van der Waals surface area contributed by atoms with Gasteiger partial charge in [-0.2, -0.15) is 13.2 Å². The summed E-state index contributed by atoms with van der Waals surface area (Å²) in [4.78, 5) is 14.6. The molecule has 0 aliphatic carbocycles. The third kappa shape index (κ3) is 4.04. The molecule has 1 N–H and O–H groups in total. The fourth-order valence-electron chi connectivity index (χ4n) is 5.55. The highest BCUT2D eigenvalue weighted by Crippen LogP contribution is 2.50. The average Bonchev–Trinajstić information content (AvgIpc) is 2.81. The number of hydrogen-bond acceptors (Lipinski definition) is 3. The number of ether oxygens (including phenoxy) is 1. The largest absolute Gasteiger partial charge is 0.430 e. The van der Waals surface area contributed by atoms with E-state index in [4.69, 9.17) is 4.74 Å². The number of halogens is 4. The van der Waals surface area contributed by atoms with E-state index in [2.05, 4.69) is 5.32 Å². The van der Waals surface area contributed by atoms with E-state index in [0.717, 1.165) is 20.1 Å². The predicted octanol–water partition coefficient (Wildman–Crippen LogP) is 4.62. The van der Waals surface area contributed by atoms with Crippen molar-refractivity contribution in [1.29, 1.82) is 0 Å². The first kappa shape index (κ1) is 23.7. The molecule has 33 heavy (non-hydrogen) atoms. The van der Waals surface area contributed by atoms with E-state index in [1.807, 2.05) is 0 Å². The summed E-state index contributed by atoms with van der Waals surface area (Å²) >= 11 is 0. The van der Waals surface area contributed by atoms with Crippen LogP contribution in [0.5, 0.6) is 0 Å². The SMILES string of the molecule is CO[C@](C(=O)N1CCC2(CCNC[C@@H]2c2ccccc2F)CC1)(c1ccccc1)C(F)(F)F. The lowest BCUT2D eigenvalue weighted by Gasteiger charge is -2.50. The van der Waals surface area contributed by atoms with E-state index in [-0.39, 0.29) is 35.8 Å². The fraction of sp³-hybridized carbons (Fsp3) is 0.480. The lowest BCUT2D eigenvalue weighted by atomic mass is 9.62. The Labute approximate surface area is 190 Å². The maximum absolute atomic E-state index is 14.6. The van der Waals surface area contributed by atoms with Gasteiger partial charge in [-0.25, -0.2) is 4.39 Å². The molecule has 0 radical (unpaired) electrons. The highest BCUT2D eigenvalue weighted by atomic mass is 19.4. The Balaban J connectivity index is 1.61. The highest BCUT2D eigenvalue weighted by molar-refractivity contribution is 5.88. The van der Waals surface area contributed by atoms with Gasteiger partial charge in [0.1, 0.15) is 5.82 Å². The van der Waals surface area contributed by atoms with Gasteiger partial charge in [0.2, 0.25) is 0 Å². The number of rotatable bonds is 4. The Morgan fingerprint density at radius 3 is 2.27 bits per heavy atom. The molecule has 2 aliphatic rings. The summed E-state index contributed by atoms with van der Waals surface area (Å²) in [6, 6.07) is 13.7. The van der Waals surface area contributed by atoms with Crippen molar-refractivity contribution in [2.24, 2.45) is 5.41 Å². The quantitative estimate of drug-likeness (QED) is 0.672. The molecule has 2 heterocycles. The Kier molecular flexibility index (Phi) is 6.51. The van der Waals surface area contributed by atoms with Gasteiger partial charge in [-0.05, 0) is 42.9 Å². The molecule has 1 spiro atoms. The molecule has 0 unspecified atom stereocenters. The van der Waals surface area contributed by atoms with E-state index in [9.17, 15) is 22.4 Å². The number of methoxy groups -OCH3 is 1. The van der Waals surface area contributed by atoms with Crippen LogP contribution in [0.4, 0.5) is 17.6 Å². The second-order valence-corrected chi connectivity index (χ2v) is 8.93. The second-order valence-electron chi connectivity index (χ2n) is 8.93. The van der Waals surface area contributed by atoms with Crippen LogP contribution in [-0.4, -0.2) is 50.3 Å². The molecule has 2 atom stereocenters. The summed E-state index contributed by atoms with van der Waals surface area (Å²) < 4.78 is 62.5. The smallest absolute Gasteiger partial charge is 0.356 e. The molecular formula is C25H28F4N2O2. The fourth-order valence-corrected chi connectivity index (χ4v) is 5.55. The summed E-state index contributed by atoms with van der Waals surface area (Å²) in [5.41, 5.74) is -2.95. The van der Waals surface area contributed by atoms with Gasteiger partial charge in [0.15, 0.2) is 0 Å². The first-order valence-electron chi connectivity index (χ1n) is 11.2. The number of nitrogens with one attached hydrogen (secondary N) is 1. The number of hydrogen-bond donors (Lipinski definition) is 1. The molecule has 4 nitrogen and oxygen atoms in total. The highest BCUT2D eigenvalue weighted by Gasteiger charge is 2.64. The number of benzene rings is 2. The standard InChI is InChI=1S/C25H28F4N2O2/c1-33-24(25(27,28)29,18-7-3-2-4-8-18)22(32)31-15-12-23(13-16-31)11-14-30-17-20(23)19-9-5-6-10-21(19)26/h2-10,20,30H,11-17H2,1H3/t20-,24+/m1/s1. The maximum atomic E-state index is 14.6. The lowest BCUT2D eigenvalue weighted by Crippen LogP contribution is -2.59. The molecule has 0 saturated carbocycles. The molecule has 2 saturated heterocycles. The van der Waals surface area contributed by atoms with Gasteiger partial charge in [-0.3, -0.25) is 4.79 Å². The summed E-state index contributed by atoms with van der Waals surface area (Å²) in [6.45, 7) is 1.69. The van der Waals surface area contributed by atoms with Gasteiger partial charge < -0.3 is 15.0 Å². The molecule has 2 aliphatic heterocycles. The van der Waals surface area contributed by atoms with Crippen molar-refractivity contribution in [3.63, 3.8) is 0 Å². The van der Waals surface area contributed by atoms with Crippen molar-refractivity contribution in [2.75, 3.05) is 33.3 Å². The number of piperidine rings is 2. The summed E-state index contributed by atoms with van der Waals surface area (Å²) in [5.74, 6) is -1.48. The zero-order valence-corrected chi connectivity index (χ0v) is 18.5. The first-order valence-corrected chi connectivity index (χ1v) is 11.2. The molecule has 2 fully saturated rings. The third-order valence-electron chi connectivity index (χ3n) is 7.40. The van der Waals surface area contributed by atoms with Crippen molar-refractivity contribution < 1.29 is 27.1 Å². The van der Waals surface area contributed by atoms with Crippen molar-refractivity contribution in [2.45, 2.75) is 37.0 Å². The third-order valence-corrected chi connectivity index (χ3v) is 7.40. The van der Waals surface area contributed by atoms with Gasteiger partial charge in [0.25, 0.3) is 11.5 Å². The second kappa shape index (κ2) is 9.06. The zero-order valence-electron chi connectivity index (χ0n) is 18.5. The van der Waals surface area contributed by atoms with E-state index in [0.29, 0.717) is 24.9 Å². The van der Waals surface area contributed by atoms with Crippen LogP contribution in [-0.2, 0) is 15.1 Å². The molecule has 2 aromatic rings. The molecule has 0 bridgehead atoms. The zero-order chi connectivity index (χ0) is 23.7. The van der Waals surface area contributed by atoms with Crippen molar-refractivity contribution in [3.8, 4) is 0 Å². The topological polar surface area (TPSA) is 41.6 Å². The Bertz CT molecular complexity index is 974. The normalized spacial score (nSPS) is 22.7. The van der Waals surface area contributed by atoms with Crippen LogP contribution in [0.15, 0.2) is 54.6 Å². The molecule has 0 aromatic heterocycles. The number of amides is 1. The number of carbonyl (C=O) groups excluding carboxylic acids is 1. The number of likely N-dealkylation sites (tertiary alicyclic amines) is 1. The Morgan fingerprint density at radius 2 is 1.67 bits per heavy atom. The minimum Gasteiger partial charge on any atom is -0.356 e. The molecule has 2 aromatic carbocycles. The Hall–Kier alpha value is -2.45. The van der Waals surface area contributed by atoms with Crippen LogP contribution in [0.3, 0.4) is 0 Å². The van der Waals surface area contributed by atoms with Gasteiger partial charge in [-0.15, -0.1) is 0 Å². The van der Waals surface area contributed by atoms with E-state index < -0.39 is 17.7 Å². The number of nitrogens with zero attached hydrogens (tertiary/aromatic N) is 1. The minimum atomic E-state index is -4.93. The molecule has 1 amide bonds. The van der Waals surface area contributed by atoms with Crippen LogP contribution in [0.1, 0.15) is 36.3 Å². The maximum Gasteiger partial charge on any atom is 0.430 e. The van der Waals surface area contributed by atoms with Crippen molar-refractivity contribution >= 4 is 5.91 Å². The Morgan fingerprint density at radius 1 is 1.03 bits per heavy atom. The predicted molar refractivity (Wildman–Crippen MR) is 116 cm³/mol. The average molecular weight is 465 g/mol. The molecule has 178 valence electrons. The van der Waals surface area contributed by atoms with Crippen LogP contribution in [0.25, 0.3) is 0 Å². The molecular weight excluding hydrogens is 436 g/mol.